The number of benzene rings is 2. The van der Waals surface area contributed by atoms with Crippen LogP contribution >= 0.6 is 11.3 Å². The first kappa shape index (κ1) is 26.0. The molecule has 0 spiro atoms. The number of hydrogen-bond donors (Lipinski definition) is 3. The monoisotopic (exact) mass is 543 g/mol. The molecule has 0 unspecified atom stereocenters. The summed E-state index contributed by atoms with van der Waals surface area (Å²) in [6.45, 7) is 3.11. The number of primary amides is 1. The first-order valence-electron chi connectivity index (χ1n) is 12.0. The molecule has 3 heterocycles. The SMILES string of the molecule is CN1C(=O)[C@@H](NC(=O)c2cn3c(-c4ccc(C(N)=O)cc4)csc3n2)COc2ccc(C#CC(C)(C)O)cc21. The number of carbonyl (C=O) groups excluding carboxylic acids is 3. The van der Waals surface area contributed by atoms with Crippen molar-refractivity contribution in [1.29, 1.82) is 0 Å². The number of nitrogens with one attached hydrogen (secondary N) is 1. The van der Waals surface area contributed by atoms with Crippen LogP contribution in [-0.2, 0) is 4.79 Å². The summed E-state index contributed by atoms with van der Waals surface area (Å²) in [6, 6.07) is 11.0. The van der Waals surface area contributed by atoms with Gasteiger partial charge < -0.3 is 25.8 Å². The van der Waals surface area contributed by atoms with E-state index in [1.807, 2.05) is 5.38 Å². The van der Waals surface area contributed by atoms with Gasteiger partial charge in [-0.05, 0) is 49.7 Å². The minimum atomic E-state index is -1.15. The normalized spacial score (nSPS) is 15.1. The first-order chi connectivity index (χ1) is 18.5. The van der Waals surface area contributed by atoms with E-state index in [-0.39, 0.29) is 18.2 Å². The summed E-state index contributed by atoms with van der Waals surface area (Å²) >= 11 is 1.36. The molecule has 0 bridgehead atoms. The number of thiazole rings is 1. The van der Waals surface area contributed by atoms with Crippen molar-refractivity contribution in [1.82, 2.24) is 14.7 Å². The number of fused-ring (bicyclic) bond motifs is 2. The molecule has 1 atom stereocenters. The van der Waals surface area contributed by atoms with Crippen molar-refractivity contribution in [2.45, 2.75) is 25.5 Å². The predicted octanol–water partition coefficient (Wildman–Crippen LogP) is 2.44. The van der Waals surface area contributed by atoms with Gasteiger partial charge in [-0.15, -0.1) is 11.3 Å². The molecule has 0 saturated heterocycles. The molecule has 1 aliphatic rings. The minimum Gasteiger partial charge on any atom is -0.489 e. The molecule has 4 aromatic rings. The Bertz CT molecular complexity index is 1670. The third-order valence-electron chi connectivity index (χ3n) is 6.08. The number of carbonyl (C=O) groups is 3. The molecule has 0 saturated carbocycles. The van der Waals surface area contributed by atoms with Gasteiger partial charge in [-0.3, -0.25) is 18.8 Å². The number of nitrogens with two attached hydrogens (primary N) is 1. The van der Waals surface area contributed by atoms with Gasteiger partial charge in [-0.1, -0.05) is 24.0 Å². The van der Waals surface area contributed by atoms with Gasteiger partial charge in [0.2, 0.25) is 5.91 Å². The molecule has 0 fully saturated rings. The van der Waals surface area contributed by atoms with Gasteiger partial charge in [-0.25, -0.2) is 4.98 Å². The summed E-state index contributed by atoms with van der Waals surface area (Å²) in [5, 5.41) is 14.5. The van der Waals surface area contributed by atoms with Crippen LogP contribution in [0.1, 0.15) is 40.3 Å². The number of aliphatic hydroxyl groups is 1. The van der Waals surface area contributed by atoms with Crippen LogP contribution in [0.3, 0.4) is 0 Å². The maximum Gasteiger partial charge on any atom is 0.272 e. The van der Waals surface area contributed by atoms with Crippen molar-refractivity contribution < 1.29 is 24.2 Å². The van der Waals surface area contributed by atoms with Crippen molar-refractivity contribution in [3.63, 3.8) is 0 Å². The maximum absolute atomic E-state index is 13.2. The van der Waals surface area contributed by atoms with Gasteiger partial charge >= 0.3 is 0 Å². The fourth-order valence-electron chi connectivity index (χ4n) is 4.04. The minimum absolute atomic E-state index is 0.0592. The van der Waals surface area contributed by atoms with E-state index < -0.39 is 23.5 Å². The summed E-state index contributed by atoms with van der Waals surface area (Å²) in [5.41, 5.74) is 7.47. The Morgan fingerprint density at radius 1 is 1.23 bits per heavy atom. The Labute approximate surface area is 228 Å². The highest BCUT2D eigenvalue weighted by Crippen LogP contribution is 2.32. The Kier molecular flexibility index (Phi) is 6.59. The number of amides is 3. The van der Waals surface area contributed by atoms with Crippen molar-refractivity contribution in [2.75, 3.05) is 18.6 Å². The van der Waals surface area contributed by atoms with E-state index in [1.54, 1.807) is 74.0 Å². The summed E-state index contributed by atoms with van der Waals surface area (Å²) < 4.78 is 7.64. The summed E-state index contributed by atoms with van der Waals surface area (Å²) in [4.78, 5) is 44.2. The van der Waals surface area contributed by atoms with Crippen LogP contribution in [0.2, 0.25) is 0 Å². The van der Waals surface area contributed by atoms with Crippen LogP contribution in [0, 0.1) is 11.8 Å². The number of aromatic nitrogens is 2. The summed E-state index contributed by atoms with van der Waals surface area (Å²) in [7, 11) is 1.60. The molecule has 1 aliphatic heterocycles. The van der Waals surface area contributed by atoms with Gasteiger partial charge in [0.1, 0.15) is 29.7 Å². The van der Waals surface area contributed by atoms with Crippen molar-refractivity contribution in [3.8, 4) is 28.8 Å². The van der Waals surface area contributed by atoms with Crippen molar-refractivity contribution >= 4 is 39.7 Å². The average molecular weight is 544 g/mol. The second-order valence-electron chi connectivity index (χ2n) is 9.57. The Morgan fingerprint density at radius 2 is 1.97 bits per heavy atom. The molecular weight excluding hydrogens is 518 g/mol. The number of hydrogen-bond acceptors (Lipinski definition) is 7. The zero-order valence-corrected chi connectivity index (χ0v) is 22.2. The van der Waals surface area contributed by atoms with Gasteiger partial charge in [0.25, 0.3) is 11.8 Å². The van der Waals surface area contributed by atoms with Crippen LogP contribution < -0.4 is 20.7 Å². The summed E-state index contributed by atoms with van der Waals surface area (Å²) in [6.07, 6.45) is 1.60. The zero-order chi connectivity index (χ0) is 27.9. The highest BCUT2D eigenvalue weighted by Gasteiger charge is 2.31. The molecule has 2 aromatic heterocycles. The van der Waals surface area contributed by atoms with E-state index in [1.165, 1.54) is 16.2 Å². The standard InChI is InChI=1S/C28H25N5O5S/c1-28(2,37)11-10-16-4-9-23-21(12-16)32(3)26(36)20(14-38-23)30-25(35)19-13-33-22(15-39-27(33)31-19)17-5-7-18(8-6-17)24(29)34/h4-9,12-13,15,20,37H,14H2,1-3H3,(H2,29,34)(H,30,35)/t20-/m0/s1. The second-order valence-corrected chi connectivity index (χ2v) is 10.4. The van der Waals surface area contributed by atoms with E-state index in [2.05, 4.69) is 22.1 Å². The van der Waals surface area contributed by atoms with Gasteiger partial charge in [0.05, 0.1) is 11.4 Å². The van der Waals surface area contributed by atoms with E-state index in [0.29, 0.717) is 27.5 Å². The second kappa shape index (κ2) is 9.90. The van der Waals surface area contributed by atoms with Crippen LogP contribution in [0.25, 0.3) is 16.2 Å². The predicted molar refractivity (Wildman–Crippen MR) is 147 cm³/mol. The molecule has 2 aromatic carbocycles. The van der Waals surface area contributed by atoms with Crippen LogP contribution in [0.15, 0.2) is 54.0 Å². The molecule has 198 valence electrons. The quantitative estimate of drug-likeness (QED) is 0.338. The fraction of sp³-hybridized carbons (Fsp3) is 0.214. The number of nitrogens with zero attached hydrogens (tertiary/aromatic N) is 3. The number of rotatable bonds is 4. The Morgan fingerprint density at radius 3 is 2.67 bits per heavy atom. The van der Waals surface area contributed by atoms with Crippen molar-refractivity contribution in [3.05, 3.63) is 70.9 Å². The molecule has 11 heteroatoms. The molecule has 5 rings (SSSR count). The molecule has 0 radical (unpaired) electrons. The zero-order valence-electron chi connectivity index (χ0n) is 21.4. The molecule has 39 heavy (non-hydrogen) atoms. The van der Waals surface area contributed by atoms with E-state index in [0.717, 1.165) is 11.3 Å². The Balaban J connectivity index is 1.34. The lowest BCUT2D eigenvalue weighted by molar-refractivity contribution is -0.120. The lowest BCUT2D eigenvalue weighted by atomic mass is 10.1. The molecular formula is C28H25N5O5S. The third kappa shape index (κ3) is 5.34. The molecule has 10 nitrogen and oxygen atoms in total. The number of ether oxygens (including phenoxy) is 1. The van der Waals surface area contributed by atoms with Crippen LogP contribution in [0.5, 0.6) is 5.75 Å². The highest BCUT2D eigenvalue weighted by atomic mass is 32.1. The molecule has 4 N–H and O–H groups in total. The van der Waals surface area contributed by atoms with Crippen LogP contribution in [-0.4, -0.2) is 57.5 Å². The first-order valence-corrected chi connectivity index (χ1v) is 12.9. The van der Waals surface area contributed by atoms with E-state index in [4.69, 9.17) is 10.5 Å². The van der Waals surface area contributed by atoms with Crippen molar-refractivity contribution in [2.24, 2.45) is 5.73 Å². The molecule has 0 aliphatic carbocycles. The third-order valence-corrected chi connectivity index (χ3v) is 6.92. The topological polar surface area (TPSA) is 139 Å². The largest absolute Gasteiger partial charge is 0.489 e. The van der Waals surface area contributed by atoms with Gasteiger partial charge in [0, 0.05) is 29.8 Å². The summed E-state index contributed by atoms with van der Waals surface area (Å²) in [5.74, 6) is 4.74. The molecule has 3 amide bonds. The number of imidazole rings is 1. The lowest BCUT2D eigenvalue weighted by Gasteiger charge is -2.20. The van der Waals surface area contributed by atoms with E-state index in [9.17, 15) is 19.5 Å². The van der Waals surface area contributed by atoms with E-state index >= 15 is 0 Å². The Hall–Kier alpha value is -4.66. The lowest BCUT2D eigenvalue weighted by Crippen LogP contribution is -2.49. The average Bonchev–Trinajstić information content (AvgIpc) is 3.47. The highest BCUT2D eigenvalue weighted by molar-refractivity contribution is 7.15. The van der Waals surface area contributed by atoms with Gasteiger partial charge in [-0.2, -0.15) is 0 Å². The number of anilines is 1. The maximum atomic E-state index is 13.2. The smallest absolute Gasteiger partial charge is 0.272 e. The number of likely N-dealkylation sites (N-methyl/N-ethyl adjacent to an activating group) is 1. The van der Waals surface area contributed by atoms with Crippen LogP contribution in [0.4, 0.5) is 5.69 Å². The fourth-order valence-corrected chi connectivity index (χ4v) is 4.93. The van der Waals surface area contributed by atoms with Gasteiger partial charge in [0.15, 0.2) is 4.96 Å².